The first-order valence-corrected chi connectivity index (χ1v) is 15.7. The third kappa shape index (κ3) is 6.97. The maximum absolute atomic E-state index is 14.0. The van der Waals surface area contributed by atoms with E-state index in [2.05, 4.69) is 0 Å². The molecule has 1 aromatic heterocycles. The summed E-state index contributed by atoms with van der Waals surface area (Å²) in [6.07, 6.45) is -20.2. The normalized spacial score (nSPS) is 37.1. The lowest BCUT2D eigenvalue weighted by molar-refractivity contribution is -0.335. The van der Waals surface area contributed by atoms with Crippen molar-refractivity contribution in [1.29, 1.82) is 0 Å². The van der Waals surface area contributed by atoms with Crippen molar-refractivity contribution >= 4 is 11.0 Å². The fourth-order valence-electron chi connectivity index (χ4n) is 5.98. The van der Waals surface area contributed by atoms with Gasteiger partial charge in [0.25, 0.3) is 0 Å². The van der Waals surface area contributed by atoms with Crippen LogP contribution in [0.2, 0.25) is 0 Å². The average molecular weight is 727 g/mol. The molecule has 0 radical (unpaired) electrons. The van der Waals surface area contributed by atoms with Gasteiger partial charge in [-0.3, -0.25) is 4.79 Å². The first-order valence-electron chi connectivity index (χ1n) is 15.7. The van der Waals surface area contributed by atoms with Gasteiger partial charge in [-0.25, -0.2) is 0 Å². The van der Waals surface area contributed by atoms with Crippen molar-refractivity contribution in [2.45, 2.75) is 86.3 Å². The summed E-state index contributed by atoms with van der Waals surface area (Å²) in [7, 11) is 0. The molecule has 3 saturated heterocycles. The van der Waals surface area contributed by atoms with E-state index in [-0.39, 0.29) is 22.7 Å². The summed E-state index contributed by atoms with van der Waals surface area (Å²) in [5, 5.41) is 114. The molecule has 280 valence electrons. The van der Waals surface area contributed by atoms with Crippen LogP contribution >= 0.6 is 0 Å². The van der Waals surface area contributed by atoms with E-state index in [9.17, 15) is 61.0 Å². The molecular weight excluding hydrogens is 688 g/mol. The molecule has 6 rings (SSSR count). The lowest BCUT2D eigenvalue weighted by atomic mass is 9.97. The zero-order valence-corrected chi connectivity index (χ0v) is 26.7. The number of phenolic OH excluding ortho intramolecular Hbond substituents is 3. The van der Waals surface area contributed by atoms with Gasteiger partial charge in [0.15, 0.2) is 24.4 Å². The van der Waals surface area contributed by atoms with Crippen LogP contribution in [0.4, 0.5) is 0 Å². The SMILES string of the molecule is C[C@H]1O[C@@H](OC[C@H]2O[C@@H](Oc3c(-c4ccc(O)cc4)oc4cc(O)cc(O)c4c3=O)[C@H](O[C@@H]3OCC(O)(CO)[C@H]3O)[C@H](O)[C@@H]2O)[C@H](O)[C@H](O)[C@H]1O. The van der Waals surface area contributed by atoms with Crippen molar-refractivity contribution in [2.24, 2.45) is 0 Å². The highest BCUT2D eigenvalue weighted by atomic mass is 16.8. The summed E-state index contributed by atoms with van der Waals surface area (Å²) < 4.78 is 39.9. The predicted octanol–water partition coefficient (Wildman–Crippen LogP) is -2.93. The number of benzene rings is 2. The summed E-state index contributed by atoms with van der Waals surface area (Å²) in [5.74, 6) is -2.27. The van der Waals surface area contributed by atoms with Gasteiger partial charge in [0, 0.05) is 17.7 Å². The van der Waals surface area contributed by atoms with Crippen LogP contribution < -0.4 is 10.2 Å². The van der Waals surface area contributed by atoms with Crippen molar-refractivity contribution < 1.29 is 89.0 Å². The monoisotopic (exact) mass is 726 g/mol. The highest BCUT2D eigenvalue weighted by Crippen LogP contribution is 2.39. The van der Waals surface area contributed by atoms with E-state index in [0.29, 0.717) is 0 Å². The molecule has 13 atom stereocenters. The van der Waals surface area contributed by atoms with Gasteiger partial charge in [0.2, 0.25) is 17.5 Å². The van der Waals surface area contributed by atoms with Crippen molar-refractivity contribution in [2.75, 3.05) is 19.8 Å². The molecule has 51 heavy (non-hydrogen) atoms. The largest absolute Gasteiger partial charge is 0.508 e. The molecule has 0 aliphatic carbocycles. The number of hydrogen-bond acceptors (Lipinski definition) is 19. The summed E-state index contributed by atoms with van der Waals surface area (Å²) in [6, 6.07) is 7.15. The van der Waals surface area contributed by atoms with Gasteiger partial charge in [0.1, 0.15) is 76.5 Å². The van der Waals surface area contributed by atoms with Crippen LogP contribution in [0.5, 0.6) is 23.0 Å². The van der Waals surface area contributed by atoms with Crippen LogP contribution in [-0.4, -0.2) is 155 Å². The molecule has 3 fully saturated rings. The Morgan fingerprint density at radius 1 is 0.843 bits per heavy atom. The molecular formula is C32H38O19. The lowest BCUT2D eigenvalue weighted by Crippen LogP contribution is -2.63. The molecule has 3 aliphatic rings. The predicted molar refractivity (Wildman–Crippen MR) is 165 cm³/mol. The van der Waals surface area contributed by atoms with E-state index >= 15 is 0 Å². The Kier molecular flexibility index (Phi) is 10.5. The topological polar surface area (TPSA) is 308 Å². The number of rotatable bonds is 9. The van der Waals surface area contributed by atoms with Gasteiger partial charge < -0.3 is 89.0 Å². The molecule has 3 aromatic rings. The second kappa shape index (κ2) is 14.4. The van der Waals surface area contributed by atoms with Crippen LogP contribution in [0.15, 0.2) is 45.6 Å². The van der Waals surface area contributed by atoms with E-state index in [4.69, 9.17) is 32.8 Å². The van der Waals surface area contributed by atoms with Gasteiger partial charge in [-0.05, 0) is 31.2 Å². The number of fused-ring (bicyclic) bond motifs is 1. The third-order valence-electron chi connectivity index (χ3n) is 9.03. The number of aromatic hydroxyl groups is 3. The van der Waals surface area contributed by atoms with E-state index in [0.717, 1.165) is 12.1 Å². The van der Waals surface area contributed by atoms with Crippen molar-refractivity contribution in [1.82, 2.24) is 0 Å². The van der Waals surface area contributed by atoms with Gasteiger partial charge in [-0.15, -0.1) is 0 Å². The minimum absolute atomic E-state index is 0.138. The number of phenols is 3. The summed E-state index contributed by atoms with van der Waals surface area (Å²) >= 11 is 0. The smallest absolute Gasteiger partial charge is 0.239 e. The van der Waals surface area contributed by atoms with Crippen molar-refractivity contribution in [3.63, 3.8) is 0 Å². The van der Waals surface area contributed by atoms with E-state index in [1.165, 1.54) is 31.2 Å². The molecule has 0 amide bonds. The number of ether oxygens (including phenoxy) is 6. The summed E-state index contributed by atoms with van der Waals surface area (Å²) in [4.78, 5) is 14.0. The van der Waals surface area contributed by atoms with Crippen molar-refractivity contribution in [3.05, 3.63) is 46.6 Å². The fourth-order valence-corrected chi connectivity index (χ4v) is 5.98. The Hall–Kier alpha value is -3.67. The minimum atomic E-state index is -2.17. The van der Waals surface area contributed by atoms with Crippen LogP contribution in [-0.2, 0) is 23.7 Å². The third-order valence-corrected chi connectivity index (χ3v) is 9.03. The van der Waals surface area contributed by atoms with E-state index in [1.807, 2.05) is 0 Å². The Morgan fingerprint density at radius 3 is 2.22 bits per heavy atom. The van der Waals surface area contributed by atoms with E-state index < -0.39 is 127 Å². The van der Waals surface area contributed by atoms with Gasteiger partial charge in [-0.2, -0.15) is 0 Å². The first kappa shape index (κ1) is 37.1. The molecule has 4 heterocycles. The molecule has 19 heteroatoms. The summed E-state index contributed by atoms with van der Waals surface area (Å²) in [5.41, 5.74) is -3.31. The zero-order chi connectivity index (χ0) is 36.9. The minimum Gasteiger partial charge on any atom is -0.508 e. The molecule has 0 bridgehead atoms. The summed E-state index contributed by atoms with van der Waals surface area (Å²) in [6.45, 7) is -0.787. The fraction of sp³-hybridized carbons (Fsp3) is 0.531. The zero-order valence-electron chi connectivity index (χ0n) is 26.7. The average Bonchev–Trinajstić information content (AvgIpc) is 3.38. The second-order valence-corrected chi connectivity index (χ2v) is 12.6. The highest BCUT2D eigenvalue weighted by Gasteiger charge is 2.54. The van der Waals surface area contributed by atoms with Gasteiger partial charge in [-0.1, -0.05) is 0 Å². The Labute approximate surface area is 287 Å². The van der Waals surface area contributed by atoms with E-state index in [1.54, 1.807) is 0 Å². The van der Waals surface area contributed by atoms with Crippen LogP contribution in [0.3, 0.4) is 0 Å². The molecule has 1 unspecified atom stereocenters. The molecule has 11 N–H and O–H groups in total. The molecule has 19 nitrogen and oxygen atoms in total. The van der Waals surface area contributed by atoms with Crippen molar-refractivity contribution in [3.8, 4) is 34.3 Å². The standard InChI is InChI=1S/C32H38O19/c1-11-19(37)22(40)24(42)29(47-11)45-8-17-20(38)23(41)27(51-31-28(43)32(44,9-33)10-46-31)30(49-17)50-26-21(39)18-15(36)6-14(35)7-16(18)48-25(26)12-2-4-13(34)5-3-12/h2-7,11,17,19-20,22-24,27-31,33-38,40-44H,8-10H2,1H3/t11-,17-,19+,20-,22-,23-,24-,27-,28+,29-,30+,31+,32?/m1/s1. The molecule has 0 spiro atoms. The number of aliphatic hydroxyl groups excluding tert-OH is 7. The second-order valence-electron chi connectivity index (χ2n) is 12.6. The van der Waals surface area contributed by atoms with Gasteiger partial charge in [0.05, 0.1) is 25.9 Å². The highest BCUT2D eigenvalue weighted by molar-refractivity contribution is 5.88. The van der Waals surface area contributed by atoms with Gasteiger partial charge >= 0.3 is 0 Å². The maximum atomic E-state index is 14.0. The maximum Gasteiger partial charge on any atom is 0.239 e. The Bertz CT molecular complexity index is 1750. The van der Waals surface area contributed by atoms with Crippen LogP contribution in [0.25, 0.3) is 22.3 Å². The Balaban J connectivity index is 1.38. The molecule has 2 aromatic carbocycles. The Morgan fingerprint density at radius 2 is 1.55 bits per heavy atom. The molecule has 0 saturated carbocycles. The quantitative estimate of drug-likeness (QED) is 0.105. The molecule has 3 aliphatic heterocycles. The van der Waals surface area contributed by atoms with Crippen LogP contribution in [0.1, 0.15) is 6.92 Å². The first-order chi connectivity index (χ1) is 24.1. The number of hydrogen-bond donors (Lipinski definition) is 11. The lowest BCUT2D eigenvalue weighted by Gasteiger charge is -2.44. The van der Waals surface area contributed by atoms with Crippen LogP contribution in [0, 0.1) is 0 Å². The number of aliphatic hydroxyl groups is 8.